The molecule has 0 aromatic rings. The van der Waals surface area contributed by atoms with E-state index in [9.17, 15) is 8.42 Å². The molecule has 0 aromatic heterocycles. The molecule has 0 amide bonds. The van der Waals surface area contributed by atoms with Crippen molar-refractivity contribution in [2.45, 2.75) is 32.2 Å². The second kappa shape index (κ2) is 7.26. The van der Waals surface area contributed by atoms with E-state index in [1.807, 2.05) is 11.8 Å². The molecular formula is C12H25N3O2S2. The molecule has 0 bridgehead atoms. The van der Waals surface area contributed by atoms with E-state index in [2.05, 4.69) is 17.0 Å². The van der Waals surface area contributed by atoms with Crippen LogP contribution in [0.2, 0.25) is 0 Å². The highest BCUT2D eigenvalue weighted by molar-refractivity contribution is 7.99. The number of hydrogen-bond acceptors (Lipinski definition) is 4. The number of nitrogens with zero attached hydrogens (tertiary/aromatic N) is 1. The van der Waals surface area contributed by atoms with Crippen LogP contribution >= 0.6 is 11.8 Å². The SMILES string of the molecule is CCNCC1CCCN(S(=O)(=O)NC2CCSC2)C1. The smallest absolute Gasteiger partial charge is 0.279 e. The van der Waals surface area contributed by atoms with Gasteiger partial charge in [0.15, 0.2) is 0 Å². The zero-order chi connectivity index (χ0) is 13.7. The third-order valence-corrected chi connectivity index (χ3v) is 6.56. The molecule has 2 N–H and O–H groups in total. The fourth-order valence-electron chi connectivity index (χ4n) is 2.67. The van der Waals surface area contributed by atoms with Crippen LogP contribution in [0.15, 0.2) is 0 Å². The quantitative estimate of drug-likeness (QED) is 0.756. The summed E-state index contributed by atoms with van der Waals surface area (Å²) in [7, 11) is -3.28. The van der Waals surface area contributed by atoms with E-state index in [0.29, 0.717) is 19.0 Å². The van der Waals surface area contributed by atoms with E-state index in [-0.39, 0.29) is 6.04 Å². The van der Waals surface area contributed by atoms with Crippen LogP contribution in [0.1, 0.15) is 26.2 Å². The molecular weight excluding hydrogens is 282 g/mol. The molecule has 112 valence electrons. The highest BCUT2D eigenvalue weighted by atomic mass is 32.2. The van der Waals surface area contributed by atoms with Gasteiger partial charge in [-0.3, -0.25) is 0 Å². The summed E-state index contributed by atoms with van der Waals surface area (Å²) in [4.78, 5) is 0. The van der Waals surface area contributed by atoms with E-state index >= 15 is 0 Å². The van der Waals surface area contributed by atoms with Gasteiger partial charge in [0.25, 0.3) is 10.2 Å². The summed E-state index contributed by atoms with van der Waals surface area (Å²) in [5.74, 6) is 2.42. The largest absolute Gasteiger partial charge is 0.317 e. The Morgan fingerprint density at radius 3 is 2.89 bits per heavy atom. The zero-order valence-corrected chi connectivity index (χ0v) is 13.2. The van der Waals surface area contributed by atoms with Crippen LogP contribution in [0.5, 0.6) is 0 Å². The summed E-state index contributed by atoms with van der Waals surface area (Å²) >= 11 is 1.83. The minimum absolute atomic E-state index is 0.129. The monoisotopic (exact) mass is 307 g/mol. The van der Waals surface area contributed by atoms with Gasteiger partial charge in [-0.15, -0.1) is 0 Å². The van der Waals surface area contributed by atoms with Crippen LogP contribution in [0, 0.1) is 5.92 Å². The van der Waals surface area contributed by atoms with Crippen molar-refractivity contribution in [2.75, 3.05) is 37.7 Å². The van der Waals surface area contributed by atoms with Gasteiger partial charge in [-0.2, -0.15) is 29.2 Å². The van der Waals surface area contributed by atoms with E-state index in [1.54, 1.807) is 4.31 Å². The molecule has 0 spiro atoms. The number of piperidine rings is 1. The fraction of sp³-hybridized carbons (Fsp3) is 1.00. The molecule has 2 fully saturated rings. The van der Waals surface area contributed by atoms with Crippen LogP contribution in [0.25, 0.3) is 0 Å². The van der Waals surface area contributed by atoms with Gasteiger partial charge in [-0.1, -0.05) is 6.92 Å². The molecule has 5 nitrogen and oxygen atoms in total. The van der Waals surface area contributed by atoms with E-state index in [0.717, 1.165) is 43.9 Å². The second-order valence-electron chi connectivity index (χ2n) is 5.36. The van der Waals surface area contributed by atoms with Crippen molar-refractivity contribution in [3.8, 4) is 0 Å². The summed E-state index contributed by atoms with van der Waals surface area (Å²) in [6, 6.07) is 0.129. The summed E-state index contributed by atoms with van der Waals surface area (Å²) in [5.41, 5.74) is 0. The summed E-state index contributed by atoms with van der Waals surface area (Å²) < 4.78 is 29.2. The first-order valence-electron chi connectivity index (χ1n) is 7.17. The summed E-state index contributed by atoms with van der Waals surface area (Å²) in [5, 5.41) is 3.32. The number of thioether (sulfide) groups is 1. The lowest BCUT2D eigenvalue weighted by atomic mass is 10.00. The van der Waals surface area contributed by atoms with Crippen molar-refractivity contribution in [3.63, 3.8) is 0 Å². The Bertz CT molecular complexity index is 369. The predicted molar refractivity (Wildman–Crippen MR) is 80.6 cm³/mol. The molecule has 2 aliphatic heterocycles. The molecule has 7 heteroatoms. The first-order chi connectivity index (χ1) is 9.12. The van der Waals surface area contributed by atoms with E-state index < -0.39 is 10.2 Å². The average Bonchev–Trinajstić information content (AvgIpc) is 2.89. The number of hydrogen-bond donors (Lipinski definition) is 2. The van der Waals surface area contributed by atoms with Gasteiger partial charge in [0.2, 0.25) is 0 Å². The molecule has 0 radical (unpaired) electrons. The molecule has 0 saturated carbocycles. The minimum Gasteiger partial charge on any atom is -0.317 e. The molecule has 2 atom stereocenters. The molecule has 0 aromatic carbocycles. The zero-order valence-electron chi connectivity index (χ0n) is 11.6. The Labute approximate surface area is 121 Å². The van der Waals surface area contributed by atoms with Crippen molar-refractivity contribution in [2.24, 2.45) is 5.92 Å². The lowest BCUT2D eigenvalue weighted by Crippen LogP contribution is -2.50. The van der Waals surface area contributed by atoms with Crippen molar-refractivity contribution in [1.29, 1.82) is 0 Å². The van der Waals surface area contributed by atoms with Crippen molar-refractivity contribution < 1.29 is 8.42 Å². The Kier molecular flexibility index (Phi) is 5.95. The van der Waals surface area contributed by atoms with Crippen LogP contribution in [0.4, 0.5) is 0 Å². The molecule has 2 saturated heterocycles. The van der Waals surface area contributed by atoms with Gasteiger partial charge in [-0.25, -0.2) is 0 Å². The van der Waals surface area contributed by atoms with Gasteiger partial charge in [0, 0.05) is 24.9 Å². The van der Waals surface area contributed by atoms with E-state index in [1.165, 1.54) is 0 Å². The van der Waals surface area contributed by atoms with Crippen molar-refractivity contribution in [1.82, 2.24) is 14.3 Å². The maximum atomic E-state index is 12.3. The van der Waals surface area contributed by atoms with Gasteiger partial charge in [-0.05, 0) is 44.0 Å². The lowest BCUT2D eigenvalue weighted by molar-refractivity contribution is 0.258. The Morgan fingerprint density at radius 2 is 2.21 bits per heavy atom. The highest BCUT2D eigenvalue weighted by Crippen LogP contribution is 2.21. The maximum Gasteiger partial charge on any atom is 0.279 e. The van der Waals surface area contributed by atoms with Gasteiger partial charge in [0.05, 0.1) is 0 Å². The van der Waals surface area contributed by atoms with Gasteiger partial charge in [0.1, 0.15) is 0 Å². The fourth-order valence-corrected chi connectivity index (χ4v) is 5.48. The number of rotatable bonds is 6. The normalized spacial score (nSPS) is 29.7. The standard InChI is InChI=1S/C12H25N3O2S2/c1-2-13-8-11-4-3-6-15(9-11)19(16,17)14-12-5-7-18-10-12/h11-14H,2-10H2,1H3. The molecule has 19 heavy (non-hydrogen) atoms. The van der Waals surface area contributed by atoms with Crippen LogP contribution in [-0.2, 0) is 10.2 Å². The van der Waals surface area contributed by atoms with Crippen LogP contribution < -0.4 is 10.0 Å². The van der Waals surface area contributed by atoms with Gasteiger partial charge >= 0.3 is 0 Å². The van der Waals surface area contributed by atoms with Crippen LogP contribution in [0.3, 0.4) is 0 Å². The second-order valence-corrected chi connectivity index (χ2v) is 8.21. The van der Waals surface area contributed by atoms with Crippen LogP contribution in [-0.4, -0.2) is 56.4 Å². The molecule has 2 heterocycles. The lowest BCUT2D eigenvalue weighted by Gasteiger charge is -2.32. The highest BCUT2D eigenvalue weighted by Gasteiger charge is 2.31. The Balaban J connectivity index is 1.87. The Morgan fingerprint density at radius 1 is 1.37 bits per heavy atom. The molecule has 2 rings (SSSR count). The first kappa shape index (κ1) is 15.6. The third-order valence-electron chi connectivity index (χ3n) is 3.75. The topological polar surface area (TPSA) is 61.4 Å². The Hall–Kier alpha value is 0.180. The molecule has 0 aliphatic carbocycles. The van der Waals surface area contributed by atoms with E-state index in [4.69, 9.17) is 0 Å². The van der Waals surface area contributed by atoms with Crippen molar-refractivity contribution >= 4 is 22.0 Å². The van der Waals surface area contributed by atoms with Crippen molar-refractivity contribution in [3.05, 3.63) is 0 Å². The summed E-state index contributed by atoms with van der Waals surface area (Å²) in [6.45, 7) is 5.26. The average molecular weight is 307 g/mol. The summed E-state index contributed by atoms with van der Waals surface area (Å²) in [6.07, 6.45) is 3.05. The third kappa shape index (κ3) is 4.60. The molecule has 2 aliphatic rings. The number of nitrogens with one attached hydrogen (secondary N) is 2. The minimum atomic E-state index is -3.28. The maximum absolute atomic E-state index is 12.3. The van der Waals surface area contributed by atoms with Gasteiger partial charge < -0.3 is 5.32 Å². The first-order valence-corrected chi connectivity index (χ1v) is 9.77. The molecule has 2 unspecified atom stereocenters. The predicted octanol–water partition coefficient (Wildman–Crippen LogP) is 0.648.